The molecule has 0 aromatic carbocycles. The Morgan fingerprint density at radius 1 is 1.42 bits per heavy atom. The van der Waals surface area contributed by atoms with Crippen LogP contribution in [0.5, 0.6) is 0 Å². The van der Waals surface area contributed by atoms with Gasteiger partial charge in [0.25, 0.3) is 0 Å². The molecule has 0 spiro atoms. The molecule has 0 aliphatic carbocycles. The quantitative estimate of drug-likeness (QED) is 0.741. The fraction of sp³-hybridized carbons (Fsp3) is 0.833. The molecule has 1 saturated heterocycles. The van der Waals surface area contributed by atoms with Crippen LogP contribution in [-0.4, -0.2) is 49.1 Å². The number of carbonyl (C=O) groups is 2. The SMILES string of the molecule is CCOC(=O)C(F)C1(NC(=O)OC(C)(C)C)CNC1. The highest BCUT2D eigenvalue weighted by atomic mass is 19.1. The number of rotatable bonds is 4. The average molecular weight is 276 g/mol. The summed E-state index contributed by atoms with van der Waals surface area (Å²) in [6, 6.07) is 0. The minimum Gasteiger partial charge on any atom is -0.464 e. The first-order valence-electron chi connectivity index (χ1n) is 6.23. The molecule has 1 aliphatic rings. The summed E-state index contributed by atoms with van der Waals surface area (Å²) in [5, 5.41) is 5.26. The summed E-state index contributed by atoms with van der Waals surface area (Å²) in [5.41, 5.74) is -1.97. The van der Waals surface area contributed by atoms with Gasteiger partial charge in [-0.15, -0.1) is 0 Å². The summed E-state index contributed by atoms with van der Waals surface area (Å²) < 4.78 is 23.8. The molecule has 2 N–H and O–H groups in total. The molecular formula is C12H21FN2O4. The van der Waals surface area contributed by atoms with E-state index in [1.807, 2.05) is 0 Å². The fourth-order valence-corrected chi connectivity index (χ4v) is 1.67. The molecule has 1 rings (SSSR count). The highest BCUT2D eigenvalue weighted by Crippen LogP contribution is 2.21. The van der Waals surface area contributed by atoms with Gasteiger partial charge < -0.3 is 20.1 Å². The van der Waals surface area contributed by atoms with Crippen molar-refractivity contribution in [3.63, 3.8) is 0 Å². The topological polar surface area (TPSA) is 76.7 Å². The number of alkyl halides is 1. The van der Waals surface area contributed by atoms with Crippen LogP contribution >= 0.6 is 0 Å². The van der Waals surface area contributed by atoms with Gasteiger partial charge in [0, 0.05) is 13.1 Å². The predicted molar refractivity (Wildman–Crippen MR) is 66.5 cm³/mol. The minimum atomic E-state index is -1.92. The molecule has 6 nitrogen and oxygen atoms in total. The van der Waals surface area contributed by atoms with Crippen LogP contribution in [0.1, 0.15) is 27.7 Å². The van der Waals surface area contributed by atoms with Gasteiger partial charge >= 0.3 is 12.1 Å². The smallest absolute Gasteiger partial charge is 0.408 e. The van der Waals surface area contributed by atoms with Crippen LogP contribution in [0.15, 0.2) is 0 Å². The lowest BCUT2D eigenvalue weighted by Crippen LogP contribution is -2.75. The molecule has 0 bridgehead atoms. The first kappa shape index (κ1) is 15.7. The van der Waals surface area contributed by atoms with E-state index in [0.29, 0.717) is 0 Å². The van der Waals surface area contributed by atoms with Crippen molar-refractivity contribution in [2.45, 2.75) is 45.0 Å². The normalized spacial score (nSPS) is 19.0. The van der Waals surface area contributed by atoms with Crippen molar-refractivity contribution in [2.24, 2.45) is 0 Å². The van der Waals surface area contributed by atoms with Crippen molar-refractivity contribution in [3.8, 4) is 0 Å². The number of esters is 1. The second-order valence-electron chi connectivity index (χ2n) is 5.50. The molecule has 110 valence electrons. The maximum absolute atomic E-state index is 14.1. The number of alkyl carbamates (subject to hydrolysis) is 1. The van der Waals surface area contributed by atoms with Crippen molar-refractivity contribution in [3.05, 3.63) is 0 Å². The van der Waals surface area contributed by atoms with Gasteiger partial charge in [-0.25, -0.2) is 14.0 Å². The zero-order chi connectivity index (χ0) is 14.7. The Labute approximate surface area is 112 Å². The van der Waals surface area contributed by atoms with Gasteiger partial charge in [-0.2, -0.15) is 0 Å². The number of hydrogen-bond donors (Lipinski definition) is 2. The van der Waals surface area contributed by atoms with E-state index in [1.165, 1.54) is 0 Å². The molecule has 19 heavy (non-hydrogen) atoms. The summed E-state index contributed by atoms with van der Waals surface area (Å²) in [6.07, 6.45) is -2.66. The Balaban J connectivity index is 2.65. The highest BCUT2D eigenvalue weighted by molar-refractivity contribution is 5.79. The van der Waals surface area contributed by atoms with Gasteiger partial charge in [0.1, 0.15) is 11.1 Å². The van der Waals surface area contributed by atoms with E-state index < -0.39 is 29.4 Å². The summed E-state index contributed by atoms with van der Waals surface area (Å²) in [7, 11) is 0. The summed E-state index contributed by atoms with van der Waals surface area (Å²) in [4.78, 5) is 23.1. The van der Waals surface area contributed by atoms with Crippen molar-refractivity contribution in [1.29, 1.82) is 0 Å². The molecule has 0 aromatic rings. The molecule has 1 unspecified atom stereocenters. The molecule has 1 amide bonds. The van der Waals surface area contributed by atoms with Crippen molar-refractivity contribution in [2.75, 3.05) is 19.7 Å². The van der Waals surface area contributed by atoms with E-state index in [9.17, 15) is 14.0 Å². The van der Waals surface area contributed by atoms with E-state index in [1.54, 1.807) is 27.7 Å². The van der Waals surface area contributed by atoms with Gasteiger partial charge in [0.15, 0.2) is 0 Å². The molecule has 7 heteroatoms. The maximum Gasteiger partial charge on any atom is 0.408 e. The van der Waals surface area contributed by atoms with Crippen LogP contribution in [0.2, 0.25) is 0 Å². The zero-order valence-corrected chi connectivity index (χ0v) is 11.7. The number of halogens is 1. The average Bonchev–Trinajstić information content (AvgIpc) is 2.20. The lowest BCUT2D eigenvalue weighted by Gasteiger charge is -2.44. The van der Waals surface area contributed by atoms with Crippen molar-refractivity contribution < 1.29 is 23.5 Å². The molecule has 0 aromatic heterocycles. The lowest BCUT2D eigenvalue weighted by molar-refractivity contribution is -0.153. The maximum atomic E-state index is 14.1. The van der Waals surface area contributed by atoms with Gasteiger partial charge in [-0.1, -0.05) is 0 Å². The predicted octanol–water partition coefficient (Wildman–Crippen LogP) is 0.754. The van der Waals surface area contributed by atoms with Gasteiger partial charge in [-0.05, 0) is 27.7 Å². The van der Waals surface area contributed by atoms with E-state index >= 15 is 0 Å². The first-order valence-corrected chi connectivity index (χ1v) is 6.23. The van der Waals surface area contributed by atoms with Gasteiger partial charge in [0.2, 0.25) is 6.17 Å². The number of nitrogens with one attached hydrogen (secondary N) is 2. The van der Waals surface area contributed by atoms with E-state index in [2.05, 4.69) is 15.4 Å². The first-order chi connectivity index (χ1) is 8.70. The third-order valence-corrected chi connectivity index (χ3v) is 2.61. The molecular weight excluding hydrogens is 255 g/mol. The van der Waals surface area contributed by atoms with Gasteiger partial charge in [-0.3, -0.25) is 0 Å². The monoisotopic (exact) mass is 276 g/mol. The second kappa shape index (κ2) is 5.73. The minimum absolute atomic E-state index is 0.0925. The largest absolute Gasteiger partial charge is 0.464 e. The fourth-order valence-electron chi connectivity index (χ4n) is 1.67. The highest BCUT2D eigenvalue weighted by Gasteiger charge is 2.51. The van der Waals surface area contributed by atoms with Crippen LogP contribution in [0.4, 0.5) is 9.18 Å². The Kier molecular flexibility index (Phi) is 4.73. The van der Waals surface area contributed by atoms with Crippen LogP contribution in [0.25, 0.3) is 0 Å². The summed E-state index contributed by atoms with van der Waals surface area (Å²) in [5.74, 6) is -0.972. The number of carbonyl (C=O) groups excluding carboxylic acids is 2. The zero-order valence-electron chi connectivity index (χ0n) is 11.7. The molecule has 0 saturated carbocycles. The Bertz CT molecular complexity index is 350. The van der Waals surface area contributed by atoms with Crippen molar-refractivity contribution in [1.82, 2.24) is 10.6 Å². The van der Waals surface area contributed by atoms with E-state index in [-0.39, 0.29) is 19.7 Å². The Morgan fingerprint density at radius 2 is 2.00 bits per heavy atom. The summed E-state index contributed by atoms with van der Waals surface area (Å²) >= 11 is 0. The lowest BCUT2D eigenvalue weighted by atomic mass is 9.87. The van der Waals surface area contributed by atoms with Crippen molar-refractivity contribution >= 4 is 12.1 Å². The number of ether oxygens (including phenoxy) is 2. The van der Waals surface area contributed by atoms with Crippen LogP contribution in [0, 0.1) is 0 Å². The molecule has 1 atom stereocenters. The third-order valence-electron chi connectivity index (χ3n) is 2.61. The standard InChI is InChI=1S/C12H21FN2O4/c1-5-18-9(16)8(13)12(6-14-7-12)15-10(17)19-11(2,3)4/h8,14H,5-7H2,1-4H3,(H,15,17). The van der Waals surface area contributed by atoms with Gasteiger partial charge in [0.05, 0.1) is 6.61 Å². The second-order valence-corrected chi connectivity index (χ2v) is 5.50. The molecule has 1 heterocycles. The van der Waals surface area contributed by atoms with E-state index in [0.717, 1.165) is 0 Å². The van der Waals surface area contributed by atoms with E-state index in [4.69, 9.17) is 4.74 Å². The summed E-state index contributed by atoms with van der Waals surface area (Å²) in [6.45, 7) is 7.12. The molecule has 0 radical (unpaired) electrons. The number of amides is 1. The Morgan fingerprint density at radius 3 is 2.37 bits per heavy atom. The van der Waals surface area contributed by atoms with Crippen LogP contribution < -0.4 is 10.6 Å². The molecule has 1 fully saturated rings. The van der Waals surface area contributed by atoms with Crippen LogP contribution in [-0.2, 0) is 14.3 Å². The van der Waals surface area contributed by atoms with Crippen LogP contribution in [0.3, 0.4) is 0 Å². The molecule has 1 aliphatic heterocycles. The third kappa shape index (κ3) is 4.05. The number of hydrogen-bond acceptors (Lipinski definition) is 5. The Hall–Kier alpha value is -1.37.